The quantitative estimate of drug-likeness (QED) is 0.825. The molecule has 3 nitrogen and oxygen atoms in total. The van der Waals surface area contributed by atoms with Gasteiger partial charge in [-0.05, 0) is 63.7 Å². The smallest absolute Gasteiger partial charge is 0.0558 e. The lowest BCUT2D eigenvalue weighted by Crippen LogP contribution is -2.40. The van der Waals surface area contributed by atoms with Crippen LogP contribution in [0.1, 0.15) is 25.7 Å². The van der Waals surface area contributed by atoms with Gasteiger partial charge >= 0.3 is 0 Å². The van der Waals surface area contributed by atoms with Gasteiger partial charge in [-0.15, -0.1) is 24.8 Å². The van der Waals surface area contributed by atoms with E-state index in [2.05, 4.69) is 10.2 Å². The van der Waals surface area contributed by atoms with Crippen LogP contribution in [0, 0.1) is 11.8 Å². The van der Waals surface area contributed by atoms with Crippen LogP contribution in [0.15, 0.2) is 0 Å². The van der Waals surface area contributed by atoms with E-state index in [0.717, 1.165) is 18.4 Å². The highest BCUT2D eigenvalue weighted by Crippen LogP contribution is 2.30. The molecule has 17 heavy (non-hydrogen) atoms. The third kappa shape index (κ3) is 5.31. The molecule has 2 fully saturated rings. The fourth-order valence-corrected chi connectivity index (χ4v) is 3.11. The first-order chi connectivity index (χ1) is 7.40. The van der Waals surface area contributed by atoms with Gasteiger partial charge in [0.1, 0.15) is 0 Å². The van der Waals surface area contributed by atoms with Crippen LogP contribution in [-0.2, 0) is 0 Å². The molecule has 0 aliphatic carbocycles. The van der Waals surface area contributed by atoms with E-state index in [1.54, 1.807) is 0 Å². The number of aliphatic hydroxyl groups is 1. The maximum atomic E-state index is 8.88. The van der Waals surface area contributed by atoms with Gasteiger partial charge in [-0.25, -0.2) is 0 Å². The highest BCUT2D eigenvalue weighted by molar-refractivity contribution is 5.85. The third-order valence-corrected chi connectivity index (χ3v) is 4.10. The predicted octanol–water partition coefficient (Wildman–Crippen LogP) is 1.53. The van der Waals surface area contributed by atoms with E-state index in [9.17, 15) is 0 Å². The first-order valence-corrected chi connectivity index (χ1v) is 6.44. The van der Waals surface area contributed by atoms with Gasteiger partial charge in [-0.1, -0.05) is 0 Å². The number of likely N-dealkylation sites (tertiary alicyclic amines) is 1. The van der Waals surface area contributed by atoms with Crippen molar-refractivity contribution in [2.75, 3.05) is 39.3 Å². The molecular weight excluding hydrogens is 259 g/mol. The van der Waals surface area contributed by atoms with Crippen molar-refractivity contribution in [3.8, 4) is 0 Å². The van der Waals surface area contributed by atoms with Crippen LogP contribution in [0.25, 0.3) is 0 Å². The summed E-state index contributed by atoms with van der Waals surface area (Å²) in [7, 11) is 0. The number of nitrogens with zero attached hydrogens (tertiary/aromatic N) is 1. The molecule has 2 rings (SSSR count). The Morgan fingerprint density at radius 3 is 2.00 bits per heavy atom. The van der Waals surface area contributed by atoms with E-state index in [0.29, 0.717) is 6.61 Å². The van der Waals surface area contributed by atoms with Crippen molar-refractivity contribution < 1.29 is 5.11 Å². The summed E-state index contributed by atoms with van der Waals surface area (Å²) in [5.41, 5.74) is 0. The fourth-order valence-electron chi connectivity index (χ4n) is 3.11. The summed E-state index contributed by atoms with van der Waals surface area (Å²) >= 11 is 0. The SMILES string of the molecule is Cl.Cl.OCCN1CCC(C2CCNCC2)CC1. The van der Waals surface area contributed by atoms with Crippen molar-refractivity contribution >= 4 is 24.8 Å². The molecule has 0 aromatic heterocycles. The topological polar surface area (TPSA) is 35.5 Å². The van der Waals surface area contributed by atoms with Gasteiger partial charge in [0.25, 0.3) is 0 Å². The van der Waals surface area contributed by atoms with Crippen molar-refractivity contribution in [3.05, 3.63) is 0 Å². The van der Waals surface area contributed by atoms with Crippen LogP contribution in [0.4, 0.5) is 0 Å². The van der Waals surface area contributed by atoms with Crippen molar-refractivity contribution in [1.29, 1.82) is 0 Å². The molecule has 104 valence electrons. The summed E-state index contributed by atoms with van der Waals surface area (Å²) in [4.78, 5) is 2.40. The maximum Gasteiger partial charge on any atom is 0.0558 e. The molecule has 0 aromatic rings. The molecule has 0 saturated carbocycles. The molecule has 2 N–H and O–H groups in total. The molecule has 2 aliphatic rings. The maximum absolute atomic E-state index is 8.88. The summed E-state index contributed by atoms with van der Waals surface area (Å²) in [6.45, 7) is 6.05. The van der Waals surface area contributed by atoms with E-state index < -0.39 is 0 Å². The number of nitrogens with one attached hydrogen (secondary N) is 1. The van der Waals surface area contributed by atoms with Crippen LogP contribution < -0.4 is 5.32 Å². The second kappa shape index (κ2) is 9.40. The Morgan fingerprint density at radius 2 is 1.47 bits per heavy atom. The summed E-state index contributed by atoms with van der Waals surface area (Å²) in [6, 6.07) is 0. The largest absolute Gasteiger partial charge is 0.395 e. The van der Waals surface area contributed by atoms with Crippen LogP contribution in [0.2, 0.25) is 0 Å². The average Bonchev–Trinajstić information content (AvgIpc) is 2.32. The Hall–Kier alpha value is 0.460. The third-order valence-electron chi connectivity index (χ3n) is 4.10. The number of hydrogen-bond donors (Lipinski definition) is 2. The lowest BCUT2D eigenvalue weighted by atomic mass is 9.79. The molecule has 2 saturated heterocycles. The van der Waals surface area contributed by atoms with Crippen LogP contribution in [0.3, 0.4) is 0 Å². The zero-order chi connectivity index (χ0) is 10.5. The lowest BCUT2D eigenvalue weighted by molar-refractivity contribution is 0.112. The zero-order valence-corrected chi connectivity index (χ0v) is 12.1. The number of piperidine rings is 2. The number of aliphatic hydroxyl groups excluding tert-OH is 1. The van der Waals surface area contributed by atoms with Crippen molar-refractivity contribution in [2.45, 2.75) is 25.7 Å². The van der Waals surface area contributed by atoms with Crippen molar-refractivity contribution in [2.24, 2.45) is 11.8 Å². The molecule has 0 aromatic carbocycles. The second-order valence-corrected chi connectivity index (χ2v) is 4.99. The first kappa shape index (κ1) is 17.5. The Morgan fingerprint density at radius 1 is 0.941 bits per heavy atom. The normalized spacial score (nSPS) is 23.8. The summed E-state index contributed by atoms with van der Waals surface area (Å²) < 4.78 is 0. The van der Waals surface area contributed by atoms with Gasteiger partial charge in [-0.3, -0.25) is 0 Å². The number of rotatable bonds is 3. The molecule has 0 unspecified atom stereocenters. The van der Waals surface area contributed by atoms with Gasteiger partial charge in [0.2, 0.25) is 0 Å². The van der Waals surface area contributed by atoms with Crippen LogP contribution in [0.5, 0.6) is 0 Å². The van der Waals surface area contributed by atoms with Gasteiger partial charge < -0.3 is 15.3 Å². The average molecular weight is 285 g/mol. The first-order valence-electron chi connectivity index (χ1n) is 6.44. The Balaban J connectivity index is 0.00000128. The number of β-amino-alcohol motifs (C(OH)–C–C–N with tert-alkyl or cyclic N) is 1. The van der Waals surface area contributed by atoms with Gasteiger partial charge in [0.15, 0.2) is 0 Å². The standard InChI is InChI=1S/C12H24N2O.2ClH/c15-10-9-14-7-3-12(4-8-14)11-1-5-13-6-2-11;;/h11-13,15H,1-10H2;2*1H. The van der Waals surface area contributed by atoms with E-state index in [4.69, 9.17) is 5.11 Å². The number of hydrogen-bond acceptors (Lipinski definition) is 3. The van der Waals surface area contributed by atoms with E-state index in [1.165, 1.54) is 51.9 Å². The van der Waals surface area contributed by atoms with Crippen molar-refractivity contribution in [1.82, 2.24) is 10.2 Å². The fraction of sp³-hybridized carbons (Fsp3) is 1.00. The van der Waals surface area contributed by atoms with Gasteiger partial charge in [0.05, 0.1) is 6.61 Å². The molecule has 0 amide bonds. The highest BCUT2D eigenvalue weighted by atomic mass is 35.5. The summed E-state index contributed by atoms with van der Waals surface area (Å²) in [5.74, 6) is 1.93. The van der Waals surface area contributed by atoms with E-state index in [-0.39, 0.29) is 24.8 Å². The zero-order valence-electron chi connectivity index (χ0n) is 10.4. The minimum Gasteiger partial charge on any atom is -0.395 e. The molecule has 0 atom stereocenters. The molecule has 2 heterocycles. The Labute approximate surface area is 117 Å². The molecule has 0 spiro atoms. The minimum absolute atomic E-state index is 0. The second-order valence-electron chi connectivity index (χ2n) is 4.99. The highest BCUT2D eigenvalue weighted by Gasteiger charge is 2.26. The Bertz CT molecular complexity index is 181. The molecule has 0 radical (unpaired) electrons. The summed E-state index contributed by atoms with van der Waals surface area (Å²) in [5, 5.41) is 12.3. The van der Waals surface area contributed by atoms with Crippen LogP contribution in [-0.4, -0.2) is 49.3 Å². The van der Waals surface area contributed by atoms with Gasteiger partial charge in [0, 0.05) is 6.54 Å². The Kier molecular flexibility index (Phi) is 9.65. The number of halogens is 2. The molecule has 5 heteroatoms. The minimum atomic E-state index is 0. The van der Waals surface area contributed by atoms with E-state index >= 15 is 0 Å². The molecular formula is C12H26Cl2N2O. The van der Waals surface area contributed by atoms with Crippen LogP contribution >= 0.6 is 24.8 Å². The predicted molar refractivity (Wildman–Crippen MR) is 76.3 cm³/mol. The van der Waals surface area contributed by atoms with Crippen molar-refractivity contribution in [3.63, 3.8) is 0 Å². The van der Waals surface area contributed by atoms with Gasteiger partial charge in [-0.2, -0.15) is 0 Å². The summed E-state index contributed by atoms with van der Waals surface area (Å²) in [6.07, 6.45) is 5.46. The van der Waals surface area contributed by atoms with E-state index in [1.807, 2.05) is 0 Å². The molecule has 2 aliphatic heterocycles. The molecule has 0 bridgehead atoms. The monoisotopic (exact) mass is 284 g/mol. The lowest BCUT2D eigenvalue weighted by Gasteiger charge is -2.37.